The number of rotatable bonds is 4. The average Bonchev–Trinajstić information content (AvgIpc) is 2.38. The van der Waals surface area contributed by atoms with Crippen LogP contribution in [0.4, 0.5) is 0 Å². The Morgan fingerprint density at radius 3 is 2.33 bits per heavy atom. The number of aryl methyl sites for hydroxylation is 1. The number of carboxylic acids is 1. The van der Waals surface area contributed by atoms with Crippen LogP contribution in [-0.2, 0) is 6.54 Å². The minimum atomic E-state index is -1.03. The SMILES string of the molecule is Cc1ccc(C(=O)C[n+]2cc(Br)cc(C(=O)O)c2)cc1.[Br-]. The van der Waals surface area contributed by atoms with Gasteiger partial charge in [0.15, 0.2) is 12.4 Å². The highest BCUT2D eigenvalue weighted by atomic mass is 79.9. The van der Waals surface area contributed by atoms with Gasteiger partial charge in [0.25, 0.3) is 0 Å². The first-order valence-electron chi connectivity index (χ1n) is 5.98. The van der Waals surface area contributed by atoms with Crippen molar-refractivity contribution in [3.63, 3.8) is 0 Å². The summed E-state index contributed by atoms with van der Waals surface area (Å²) in [7, 11) is 0. The fraction of sp³-hybridized carbons (Fsp3) is 0.133. The van der Waals surface area contributed by atoms with Gasteiger partial charge in [-0.3, -0.25) is 4.79 Å². The molecule has 6 heteroatoms. The Labute approximate surface area is 141 Å². The summed E-state index contributed by atoms with van der Waals surface area (Å²) in [5, 5.41) is 9.00. The van der Waals surface area contributed by atoms with E-state index in [1.165, 1.54) is 12.3 Å². The van der Waals surface area contributed by atoms with Crippen molar-refractivity contribution in [1.82, 2.24) is 0 Å². The van der Waals surface area contributed by atoms with E-state index in [4.69, 9.17) is 5.11 Å². The van der Waals surface area contributed by atoms with Crippen LogP contribution in [0.1, 0.15) is 26.3 Å². The molecule has 0 amide bonds. The minimum Gasteiger partial charge on any atom is -1.00 e. The van der Waals surface area contributed by atoms with Gasteiger partial charge < -0.3 is 22.1 Å². The van der Waals surface area contributed by atoms with Crippen molar-refractivity contribution in [3.05, 3.63) is 63.9 Å². The van der Waals surface area contributed by atoms with E-state index in [0.29, 0.717) is 10.0 Å². The lowest BCUT2D eigenvalue weighted by molar-refractivity contribution is -0.683. The molecule has 0 saturated carbocycles. The van der Waals surface area contributed by atoms with E-state index in [2.05, 4.69) is 15.9 Å². The standard InChI is InChI=1S/C15H12BrNO3.BrH/c1-10-2-4-11(5-3-10)14(18)9-17-7-12(15(19)20)6-13(16)8-17;/h2-8H,9H2,1H3;1H. The molecular weight excluding hydrogens is 402 g/mol. The molecule has 0 unspecified atom stereocenters. The lowest BCUT2D eigenvalue weighted by Gasteiger charge is -2.01. The molecule has 0 aliphatic carbocycles. The Kier molecular flexibility index (Phi) is 6.23. The van der Waals surface area contributed by atoms with Gasteiger partial charge in [-0.1, -0.05) is 29.8 Å². The summed E-state index contributed by atoms with van der Waals surface area (Å²) in [6.45, 7) is 2.05. The zero-order chi connectivity index (χ0) is 14.7. The molecule has 1 aromatic carbocycles. The van der Waals surface area contributed by atoms with Gasteiger partial charge in [0, 0.05) is 5.56 Å². The van der Waals surface area contributed by atoms with Crippen molar-refractivity contribution in [3.8, 4) is 0 Å². The van der Waals surface area contributed by atoms with Crippen molar-refractivity contribution in [1.29, 1.82) is 0 Å². The maximum atomic E-state index is 12.1. The van der Waals surface area contributed by atoms with Crippen LogP contribution in [0, 0.1) is 6.92 Å². The molecule has 4 nitrogen and oxygen atoms in total. The molecule has 2 rings (SSSR count). The first-order valence-corrected chi connectivity index (χ1v) is 6.78. The summed E-state index contributed by atoms with van der Waals surface area (Å²) >= 11 is 3.24. The number of nitrogens with zero attached hydrogens (tertiary/aromatic N) is 1. The highest BCUT2D eigenvalue weighted by Crippen LogP contribution is 2.09. The fourth-order valence-corrected chi connectivity index (χ4v) is 2.31. The van der Waals surface area contributed by atoms with Crippen molar-refractivity contribution in [2.24, 2.45) is 0 Å². The maximum absolute atomic E-state index is 12.1. The van der Waals surface area contributed by atoms with Crippen molar-refractivity contribution < 1.29 is 36.2 Å². The number of carboxylic acid groups (broad SMARTS) is 1. The Bertz CT molecular complexity index is 669. The molecule has 1 aromatic heterocycles. The minimum absolute atomic E-state index is 0. The molecular formula is C15H13Br2NO3. The molecule has 0 aliphatic heterocycles. The third kappa shape index (κ3) is 4.75. The number of benzene rings is 1. The molecule has 0 saturated heterocycles. The smallest absolute Gasteiger partial charge is 0.341 e. The van der Waals surface area contributed by atoms with Crippen molar-refractivity contribution in [2.45, 2.75) is 13.5 Å². The zero-order valence-electron chi connectivity index (χ0n) is 11.2. The van der Waals surface area contributed by atoms with Crippen LogP contribution in [0.25, 0.3) is 0 Å². The van der Waals surface area contributed by atoms with Crippen molar-refractivity contribution in [2.75, 3.05) is 0 Å². The molecule has 21 heavy (non-hydrogen) atoms. The third-order valence-electron chi connectivity index (χ3n) is 2.83. The van der Waals surface area contributed by atoms with Gasteiger partial charge >= 0.3 is 5.97 Å². The highest BCUT2D eigenvalue weighted by Gasteiger charge is 2.16. The maximum Gasteiger partial charge on any atom is 0.341 e. The lowest BCUT2D eigenvalue weighted by atomic mass is 10.1. The van der Waals surface area contributed by atoms with E-state index < -0.39 is 5.97 Å². The summed E-state index contributed by atoms with van der Waals surface area (Å²) < 4.78 is 2.18. The Morgan fingerprint density at radius 2 is 1.76 bits per heavy atom. The first kappa shape index (κ1) is 17.5. The van der Waals surface area contributed by atoms with E-state index in [0.717, 1.165) is 5.56 Å². The van der Waals surface area contributed by atoms with Gasteiger partial charge in [0.1, 0.15) is 5.56 Å². The third-order valence-corrected chi connectivity index (χ3v) is 3.27. The van der Waals surface area contributed by atoms with Crippen molar-refractivity contribution >= 4 is 27.7 Å². The van der Waals surface area contributed by atoms with Gasteiger partial charge in [-0.15, -0.1) is 0 Å². The number of aromatic nitrogens is 1. The summed E-state index contributed by atoms with van der Waals surface area (Å²) in [6.07, 6.45) is 3.12. The molecule has 0 fully saturated rings. The van der Waals surface area contributed by atoms with E-state index in [1.54, 1.807) is 22.9 Å². The Morgan fingerprint density at radius 1 is 1.14 bits per heavy atom. The second-order valence-corrected chi connectivity index (χ2v) is 5.43. The number of pyridine rings is 1. The predicted molar refractivity (Wildman–Crippen MR) is 76.8 cm³/mol. The quantitative estimate of drug-likeness (QED) is 0.548. The molecule has 0 aliphatic rings. The van der Waals surface area contributed by atoms with Gasteiger partial charge in [0.2, 0.25) is 12.3 Å². The molecule has 0 spiro atoms. The van der Waals surface area contributed by atoms with Crippen LogP contribution in [0.5, 0.6) is 0 Å². The van der Waals surface area contributed by atoms with Gasteiger partial charge in [-0.25, -0.2) is 4.79 Å². The summed E-state index contributed by atoms with van der Waals surface area (Å²) in [4.78, 5) is 23.1. The second kappa shape index (κ2) is 7.47. The monoisotopic (exact) mass is 413 g/mol. The summed E-state index contributed by atoms with van der Waals surface area (Å²) in [5.74, 6) is -1.09. The van der Waals surface area contributed by atoms with E-state index in [9.17, 15) is 9.59 Å². The van der Waals surface area contributed by atoms with E-state index >= 15 is 0 Å². The lowest BCUT2D eigenvalue weighted by Crippen LogP contribution is -3.00. The number of halogens is 2. The largest absolute Gasteiger partial charge is 1.00 e. The molecule has 1 N–H and O–H groups in total. The molecule has 0 atom stereocenters. The predicted octanol–water partition coefficient (Wildman–Crippen LogP) is -0.370. The molecule has 110 valence electrons. The number of hydrogen-bond donors (Lipinski definition) is 1. The van der Waals surface area contributed by atoms with Crippen LogP contribution in [0.3, 0.4) is 0 Å². The normalized spacial score (nSPS) is 9.81. The van der Waals surface area contributed by atoms with Crippen LogP contribution in [0.2, 0.25) is 0 Å². The fourth-order valence-electron chi connectivity index (χ4n) is 1.80. The van der Waals surface area contributed by atoms with Gasteiger partial charge in [-0.2, -0.15) is 4.57 Å². The van der Waals surface area contributed by atoms with Crippen LogP contribution in [0.15, 0.2) is 47.2 Å². The average molecular weight is 415 g/mol. The van der Waals surface area contributed by atoms with Gasteiger partial charge in [0.05, 0.1) is 4.47 Å². The molecule has 1 heterocycles. The number of ketones is 1. The van der Waals surface area contributed by atoms with Crippen LogP contribution < -0.4 is 21.5 Å². The topological polar surface area (TPSA) is 58.2 Å². The molecule has 0 radical (unpaired) electrons. The Hall–Kier alpha value is -1.53. The van der Waals surface area contributed by atoms with Crippen LogP contribution >= 0.6 is 15.9 Å². The number of aromatic carboxylic acids is 1. The highest BCUT2D eigenvalue weighted by molar-refractivity contribution is 9.10. The Balaban J connectivity index is 0.00000220. The second-order valence-electron chi connectivity index (χ2n) is 4.51. The number of hydrogen-bond acceptors (Lipinski definition) is 2. The zero-order valence-corrected chi connectivity index (χ0v) is 14.4. The van der Waals surface area contributed by atoms with E-state index in [-0.39, 0.29) is 34.9 Å². The van der Waals surface area contributed by atoms with E-state index in [1.807, 2.05) is 19.1 Å². The van der Waals surface area contributed by atoms with Gasteiger partial charge in [-0.05, 0) is 28.9 Å². The molecule has 0 bridgehead atoms. The molecule has 2 aromatic rings. The number of carbonyl (C=O) groups is 2. The van der Waals surface area contributed by atoms with Crippen LogP contribution in [-0.4, -0.2) is 16.9 Å². The number of Topliss-reactive ketones (excluding diaryl/α,β-unsaturated/α-hetero) is 1. The summed E-state index contributed by atoms with van der Waals surface area (Å²) in [5.41, 5.74) is 1.83. The summed E-state index contributed by atoms with van der Waals surface area (Å²) in [6, 6.07) is 8.79. The first-order chi connectivity index (χ1) is 9.45. The number of carbonyl (C=O) groups excluding carboxylic acids is 1.